The number of nitrogens with one attached hydrogen (secondary N) is 2. The predicted molar refractivity (Wildman–Crippen MR) is 80.0 cm³/mol. The lowest BCUT2D eigenvalue weighted by Crippen LogP contribution is -2.14. The van der Waals surface area contributed by atoms with Gasteiger partial charge in [0.15, 0.2) is 5.16 Å². The van der Waals surface area contributed by atoms with Crippen LogP contribution in [0, 0.1) is 11.3 Å². The predicted octanol–water partition coefficient (Wildman–Crippen LogP) is 1.21. The molecule has 1 aromatic carbocycles. The average Bonchev–Trinajstić information content (AvgIpc) is 3.08. The minimum atomic E-state index is -0.445. The number of benzene rings is 1. The Labute approximate surface area is 128 Å². The van der Waals surface area contributed by atoms with Crippen molar-refractivity contribution in [2.75, 3.05) is 6.26 Å². The molecular formula is C13H9N7OS. The highest BCUT2D eigenvalue weighted by Gasteiger charge is 2.13. The molecule has 0 bridgehead atoms. The quantitative estimate of drug-likeness (QED) is 0.550. The normalized spacial score (nSPS) is 10.4. The standard InChI is InChI=1S/C13H9N7OS/c1-22-13-15-10(9(6-14)12(21)16-13)7-2-4-8(5-3-7)11-17-19-20-18-11/h2-5H,1H3,(H,15,16,21)(H,17,18,19,20). The van der Waals surface area contributed by atoms with Gasteiger partial charge in [-0.05, 0) is 11.5 Å². The number of hydrogen-bond acceptors (Lipinski definition) is 7. The van der Waals surface area contributed by atoms with E-state index in [4.69, 9.17) is 0 Å². The Kier molecular flexibility index (Phi) is 3.67. The lowest BCUT2D eigenvalue weighted by atomic mass is 10.1. The van der Waals surface area contributed by atoms with Crippen LogP contribution in [0.5, 0.6) is 0 Å². The van der Waals surface area contributed by atoms with Crippen molar-refractivity contribution in [2.45, 2.75) is 5.16 Å². The molecule has 0 radical (unpaired) electrons. The van der Waals surface area contributed by atoms with E-state index >= 15 is 0 Å². The average molecular weight is 311 g/mol. The van der Waals surface area contributed by atoms with Gasteiger partial charge in [0.2, 0.25) is 5.82 Å². The first-order chi connectivity index (χ1) is 10.7. The van der Waals surface area contributed by atoms with E-state index in [0.29, 0.717) is 22.2 Å². The molecule has 0 saturated carbocycles. The van der Waals surface area contributed by atoms with E-state index < -0.39 is 5.56 Å². The Morgan fingerprint density at radius 3 is 2.55 bits per heavy atom. The molecule has 0 atom stereocenters. The molecule has 0 saturated heterocycles. The third-order valence-corrected chi connectivity index (χ3v) is 3.54. The third kappa shape index (κ3) is 2.47. The molecule has 3 rings (SSSR count). The SMILES string of the molecule is CSc1nc(-c2ccc(-c3nn[nH]n3)cc2)c(C#N)c(=O)[nH]1. The summed E-state index contributed by atoms with van der Waals surface area (Å²) in [5.74, 6) is 0.468. The van der Waals surface area contributed by atoms with E-state index in [2.05, 4.69) is 30.6 Å². The minimum Gasteiger partial charge on any atom is -0.300 e. The number of aromatic amines is 2. The Bertz CT molecular complexity index is 894. The first-order valence-corrected chi connectivity index (χ1v) is 7.38. The van der Waals surface area contributed by atoms with Gasteiger partial charge in [-0.15, -0.1) is 10.2 Å². The van der Waals surface area contributed by atoms with E-state index in [-0.39, 0.29) is 5.56 Å². The van der Waals surface area contributed by atoms with Crippen molar-refractivity contribution in [3.8, 4) is 28.7 Å². The van der Waals surface area contributed by atoms with Crippen LogP contribution in [0.1, 0.15) is 5.56 Å². The molecule has 0 aliphatic heterocycles. The summed E-state index contributed by atoms with van der Waals surface area (Å²) in [5.41, 5.74) is 1.34. The lowest BCUT2D eigenvalue weighted by molar-refractivity contribution is 0.881. The van der Waals surface area contributed by atoms with Crippen molar-refractivity contribution >= 4 is 11.8 Å². The molecule has 0 aliphatic rings. The molecule has 2 N–H and O–H groups in total. The van der Waals surface area contributed by atoms with Gasteiger partial charge in [0.05, 0.1) is 5.69 Å². The maximum Gasteiger partial charge on any atom is 0.270 e. The smallest absolute Gasteiger partial charge is 0.270 e. The highest BCUT2D eigenvalue weighted by Crippen LogP contribution is 2.23. The van der Waals surface area contributed by atoms with Crippen LogP contribution in [0.15, 0.2) is 34.2 Å². The van der Waals surface area contributed by atoms with Gasteiger partial charge in [-0.1, -0.05) is 36.0 Å². The number of tetrazole rings is 1. The molecule has 0 spiro atoms. The largest absolute Gasteiger partial charge is 0.300 e. The zero-order valence-electron chi connectivity index (χ0n) is 11.4. The molecule has 3 aromatic rings. The number of thioether (sulfide) groups is 1. The zero-order valence-corrected chi connectivity index (χ0v) is 12.2. The molecule has 0 unspecified atom stereocenters. The molecule has 0 fully saturated rings. The fourth-order valence-corrected chi connectivity index (χ4v) is 2.30. The molecular weight excluding hydrogens is 302 g/mol. The van der Waals surface area contributed by atoms with E-state index in [1.54, 1.807) is 30.5 Å². The maximum absolute atomic E-state index is 11.9. The third-order valence-electron chi connectivity index (χ3n) is 2.96. The Morgan fingerprint density at radius 2 is 1.95 bits per heavy atom. The van der Waals surface area contributed by atoms with Gasteiger partial charge in [0, 0.05) is 11.1 Å². The van der Waals surface area contributed by atoms with Crippen LogP contribution < -0.4 is 5.56 Å². The van der Waals surface area contributed by atoms with Crippen molar-refractivity contribution in [2.24, 2.45) is 0 Å². The van der Waals surface area contributed by atoms with Crippen molar-refractivity contribution in [1.29, 1.82) is 5.26 Å². The lowest BCUT2D eigenvalue weighted by Gasteiger charge is -2.05. The Balaban J connectivity index is 2.10. The van der Waals surface area contributed by atoms with Gasteiger partial charge in [-0.3, -0.25) is 4.79 Å². The molecule has 2 aromatic heterocycles. The minimum absolute atomic E-state index is 0.00916. The van der Waals surface area contributed by atoms with Crippen molar-refractivity contribution in [3.05, 3.63) is 40.2 Å². The molecule has 8 nitrogen and oxygen atoms in total. The maximum atomic E-state index is 11.9. The second-order valence-corrected chi connectivity index (χ2v) is 5.02. The van der Waals surface area contributed by atoms with Crippen molar-refractivity contribution in [3.63, 3.8) is 0 Å². The van der Waals surface area contributed by atoms with Gasteiger partial charge in [-0.25, -0.2) is 4.98 Å². The van der Waals surface area contributed by atoms with Gasteiger partial charge in [0.25, 0.3) is 5.56 Å². The van der Waals surface area contributed by atoms with Crippen LogP contribution in [0.4, 0.5) is 0 Å². The molecule has 22 heavy (non-hydrogen) atoms. The fraction of sp³-hybridized carbons (Fsp3) is 0.0769. The summed E-state index contributed by atoms with van der Waals surface area (Å²) in [6.45, 7) is 0. The monoisotopic (exact) mass is 311 g/mol. The van der Waals surface area contributed by atoms with Crippen LogP contribution in [-0.4, -0.2) is 36.8 Å². The summed E-state index contributed by atoms with van der Waals surface area (Å²) >= 11 is 1.30. The van der Waals surface area contributed by atoms with Crippen LogP contribution in [-0.2, 0) is 0 Å². The Hall–Kier alpha value is -2.99. The number of nitrogens with zero attached hydrogens (tertiary/aromatic N) is 5. The van der Waals surface area contributed by atoms with E-state index in [0.717, 1.165) is 5.56 Å². The number of rotatable bonds is 3. The van der Waals surface area contributed by atoms with Crippen LogP contribution in [0.25, 0.3) is 22.6 Å². The van der Waals surface area contributed by atoms with Gasteiger partial charge >= 0.3 is 0 Å². The van der Waals surface area contributed by atoms with E-state index in [9.17, 15) is 10.1 Å². The second-order valence-electron chi connectivity index (χ2n) is 4.22. The zero-order chi connectivity index (χ0) is 15.5. The summed E-state index contributed by atoms with van der Waals surface area (Å²) in [7, 11) is 0. The summed E-state index contributed by atoms with van der Waals surface area (Å²) < 4.78 is 0. The molecule has 0 aliphatic carbocycles. The van der Waals surface area contributed by atoms with Crippen LogP contribution in [0.2, 0.25) is 0 Å². The molecule has 2 heterocycles. The summed E-state index contributed by atoms with van der Waals surface area (Å²) in [6.07, 6.45) is 1.80. The van der Waals surface area contributed by atoms with Gasteiger partial charge in [0.1, 0.15) is 11.6 Å². The molecule has 0 amide bonds. The van der Waals surface area contributed by atoms with Gasteiger partial charge in [-0.2, -0.15) is 10.5 Å². The summed E-state index contributed by atoms with van der Waals surface area (Å²) in [5, 5.41) is 23.3. The Morgan fingerprint density at radius 1 is 1.23 bits per heavy atom. The highest BCUT2D eigenvalue weighted by molar-refractivity contribution is 7.98. The summed E-state index contributed by atoms with van der Waals surface area (Å²) in [4.78, 5) is 18.8. The number of nitriles is 1. The first-order valence-electron chi connectivity index (χ1n) is 6.15. The highest BCUT2D eigenvalue weighted by atomic mass is 32.2. The van der Waals surface area contributed by atoms with Crippen molar-refractivity contribution in [1.82, 2.24) is 30.6 Å². The molecule has 9 heteroatoms. The first kappa shape index (κ1) is 14.0. The number of aromatic nitrogens is 6. The van der Waals surface area contributed by atoms with Crippen molar-refractivity contribution < 1.29 is 0 Å². The second kappa shape index (κ2) is 5.79. The van der Waals surface area contributed by atoms with E-state index in [1.165, 1.54) is 11.8 Å². The molecule has 108 valence electrons. The summed E-state index contributed by atoms with van der Waals surface area (Å²) in [6, 6.07) is 8.99. The van der Waals surface area contributed by atoms with Crippen LogP contribution in [0.3, 0.4) is 0 Å². The fourth-order valence-electron chi connectivity index (χ4n) is 1.92. The number of hydrogen-bond donors (Lipinski definition) is 2. The van der Waals surface area contributed by atoms with Gasteiger partial charge < -0.3 is 4.98 Å². The van der Waals surface area contributed by atoms with E-state index in [1.807, 2.05) is 6.07 Å². The van der Waals surface area contributed by atoms with Crippen LogP contribution >= 0.6 is 11.8 Å². The topological polar surface area (TPSA) is 124 Å². The number of H-pyrrole nitrogens is 2.